The van der Waals surface area contributed by atoms with E-state index in [0.29, 0.717) is 34.3 Å². The Kier molecular flexibility index (Phi) is 5.27. The Hall–Kier alpha value is -2.15. The second kappa shape index (κ2) is 7.70. The van der Waals surface area contributed by atoms with Crippen LogP contribution < -0.4 is 0 Å². The van der Waals surface area contributed by atoms with Gasteiger partial charge < -0.3 is 14.4 Å². The van der Waals surface area contributed by atoms with Crippen LogP contribution in [0.4, 0.5) is 0 Å². The number of aromatic nitrogens is 2. The summed E-state index contributed by atoms with van der Waals surface area (Å²) in [4.78, 5) is 16.3. The van der Waals surface area contributed by atoms with Gasteiger partial charge in [-0.25, -0.2) is 9.78 Å². The van der Waals surface area contributed by atoms with E-state index in [4.69, 9.17) is 27.9 Å². The number of aryl methyl sites for hydroxylation is 1. The third-order valence-corrected chi connectivity index (χ3v) is 6.68. The molecule has 0 radical (unpaired) electrons. The maximum Gasteiger partial charge on any atom is 0.345 e. The molecule has 3 aromatic rings. The minimum absolute atomic E-state index is 0.180. The molecule has 0 saturated carbocycles. The number of imidazole rings is 1. The Balaban J connectivity index is 1.59. The number of benzene rings is 2. The van der Waals surface area contributed by atoms with Crippen LogP contribution in [0.1, 0.15) is 22.9 Å². The quantitative estimate of drug-likeness (QED) is 0.549. The zero-order chi connectivity index (χ0) is 19.8. The van der Waals surface area contributed by atoms with Gasteiger partial charge in [-0.1, -0.05) is 59.2 Å². The van der Waals surface area contributed by atoms with Gasteiger partial charge in [0.25, 0.3) is 0 Å². The molecule has 0 saturated heterocycles. The van der Waals surface area contributed by atoms with Gasteiger partial charge in [0.05, 0.1) is 32.8 Å². The summed E-state index contributed by atoms with van der Waals surface area (Å²) in [6.45, 7) is 2.34. The summed E-state index contributed by atoms with van der Waals surface area (Å²) in [5, 5.41) is 10.3. The maximum atomic E-state index is 11.7. The summed E-state index contributed by atoms with van der Waals surface area (Å²) < 4.78 is 7.84. The maximum absolute atomic E-state index is 11.7. The zero-order valence-corrected chi connectivity index (χ0v) is 17.2. The van der Waals surface area contributed by atoms with Crippen LogP contribution >= 0.6 is 35.0 Å². The number of thioether (sulfide) groups is 1. The first-order chi connectivity index (χ1) is 13.4. The van der Waals surface area contributed by atoms with Crippen LogP contribution in [0, 0.1) is 6.92 Å². The highest BCUT2D eigenvalue weighted by Crippen LogP contribution is 2.46. The molecule has 0 amide bonds. The third-order valence-electron chi connectivity index (χ3n) is 4.65. The van der Waals surface area contributed by atoms with E-state index in [2.05, 4.69) is 4.98 Å². The van der Waals surface area contributed by atoms with Crippen molar-refractivity contribution in [1.82, 2.24) is 9.55 Å². The standard InChI is InChI=1S/C20H16Cl2N2O3S/c1-11-4-2-3-5-12(11)9-27-17-8-18(28-19(17)20(25)26)24-10-23-15-6-13(21)14(22)7-16(15)24/h2-7,10,18H,8-9H2,1H3,(H,25,26). The van der Waals surface area contributed by atoms with Crippen LogP contribution in [-0.2, 0) is 16.1 Å². The highest BCUT2D eigenvalue weighted by molar-refractivity contribution is 8.04. The lowest BCUT2D eigenvalue weighted by molar-refractivity contribution is -0.132. The Morgan fingerprint density at radius 1 is 1.32 bits per heavy atom. The number of carboxylic acid groups (broad SMARTS) is 1. The van der Waals surface area contributed by atoms with Crippen molar-refractivity contribution in [3.05, 3.63) is 74.6 Å². The summed E-state index contributed by atoms with van der Waals surface area (Å²) in [7, 11) is 0. The lowest BCUT2D eigenvalue weighted by atomic mass is 10.1. The molecule has 0 fully saturated rings. The second-order valence-corrected chi connectivity index (χ2v) is 8.46. The van der Waals surface area contributed by atoms with Crippen LogP contribution in [0.5, 0.6) is 0 Å². The average Bonchev–Trinajstić information content (AvgIpc) is 3.25. The molecule has 0 bridgehead atoms. The van der Waals surface area contributed by atoms with Crippen LogP contribution in [0.25, 0.3) is 11.0 Å². The fourth-order valence-electron chi connectivity index (χ4n) is 3.13. The lowest BCUT2D eigenvalue weighted by Gasteiger charge is -2.13. The number of ether oxygens (including phenoxy) is 1. The molecule has 5 nitrogen and oxygen atoms in total. The normalized spacial score (nSPS) is 16.8. The van der Waals surface area contributed by atoms with E-state index >= 15 is 0 Å². The number of carboxylic acids is 1. The molecule has 4 rings (SSSR count). The van der Waals surface area contributed by atoms with Crippen molar-refractivity contribution in [3.63, 3.8) is 0 Å². The first-order valence-corrected chi connectivity index (χ1v) is 10.2. The Labute approximate surface area is 175 Å². The van der Waals surface area contributed by atoms with Gasteiger partial charge in [0.2, 0.25) is 0 Å². The topological polar surface area (TPSA) is 64.3 Å². The lowest BCUT2D eigenvalue weighted by Crippen LogP contribution is -2.03. The van der Waals surface area contributed by atoms with Crippen LogP contribution in [-0.4, -0.2) is 20.6 Å². The molecular weight excluding hydrogens is 419 g/mol. The van der Waals surface area contributed by atoms with E-state index in [1.54, 1.807) is 18.5 Å². The van der Waals surface area contributed by atoms with Crippen molar-refractivity contribution in [2.45, 2.75) is 25.3 Å². The minimum Gasteiger partial charge on any atom is -0.492 e. The summed E-state index contributed by atoms with van der Waals surface area (Å²) in [5.41, 5.74) is 3.65. The molecular formula is C20H16Cl2N2O3S. The first-order valence-electron chi connectivity index (χ1n) is 8.56. The van der Waals surface area contributed by atoms with Gasteiger partial charge in [-0.05, 0) is 30.2 Å². The van der Waals surface area contributed by atoms with Gasteiger partial charge in [0, 0.05) is 6.42 Å². The number of rotatable bonds is 5. The monoisotopic (exact) mass is 434 g/mol. The van der Waals surface area contributed by atoms with Gasteiger partial charge in [-0.2, -0.15) is 0 Å². The highest BCUT2D eigenvalue weighted by atomic mass is 35.5. The smallest absolute Gasteiger partial charge is 0.345 e. The molecule has 0 aliphatic carbocycles. The number of hydrogen-bond donors (Lipinski definition) is 1. The van der Waals surface area contributed by atoms with Gasteiger partial charge in [0.1, 0.15) is 17.3 Å². The van der Waals surface area contributed by atoms with Crippen molar-refractivity contribution >= 4 is 52.0 Å². The minimum atomic E-state index is -0.988. The van der Waals surface area contributed by atoms with E-state index < -0.39 is 5.97 Å². The number of allylic oxidation sites excluding steroid dienone is 1. The number of hydrogen-bond acceptors (Lipinski definition) is 4. The molecule has 2 aromatic carbocycles. The molecule has 1 aromatic heterocycles. The predicted octanol–water partition coefficient (Wildman–Crippen LogP) is 5.80. The molecule has 1 unspecified atom stereocenters. The van der Waals surface area contributed by atoms with E-state index in [9.17, 15) is 9.90 Å². The van der Waals surface area contributed by atoms with Gasteiger partial charge in [-0.15, -0.1) is 0 Å². The van der Waals surface area contributed by atoms with E-state index in [1.807, 2.05) is 35.8 Å². The van der Waals surface area contributed by atoms with Crippen molar-refractivity contribution in [2.75, 3.05) is 0 Å². The fraction of sp³-hybridized carbons (Fsp3) is 0.200. The molecule has 8 heteroatoms. The van der Waals surface area contributed by atoms with Crippen LogP contribution in [0.2, 0.25) is 10.0 Å². The Bertz CT molecular complexity index is 1110. The molecule has 1 atom stereocenters. The summed E-state index contributed by atoms with van der Waals surface area (Å²) >= 11 is 13.5. The molecule has 1 aliphatic heterocycles. The number of nitrogens with zero attached hydrogens (tertiary/aromatic N) is 2. The zero-order valence-electron chi connectivity index (χ0n) is 14.9. The van der Waals surface area contributed by atoms with Crippen LogP contribution in [0.3, 0.4) is 0 Å². The summed E-state index contributed by atoms with van der Waals surface area (Å²) in [6.07, 6.45) is 2.13. The first kappa shape index (κ1) is 19.2. The number of aliphatic carboxylic acids is 1. The third kappa shape index (κ3) is 3.60. The summed E-state index contributed by atoms with van der Waals surface area (Å²) in [6, 6.07) is 11.3. The molecule has 2 heterocycles. The van der Waals surface area contributed by atoms with Crippen molar-refractivity contribution in [1.29, 1.82) is 0 Å². The van der Waals surface area contributed by atoms with Crippen molar-refractivity contribution < 1.29 is 14.6 Å². The highest BCUT2D eigenvalue weighted by Gasteiger charge is 2.33. The fourth-order valence-corrected chi connectivity index (χ4v) is 4.61. The van der Waals surface area contributed by atoms with E-state index in [1.165, 1.54) is 11.8 Å². The molecule has 144 valence electrons. The van der Waals surface area contributed by atoms with Crippen molar-refractivity contribution in [3.8, 4) is 0 Å². The van der Waals surface area contributed by atoms with Crippen LogP contribution in [0.15, 0.2) is 53.4 Å². The number of carbonyl (C=O) groups is 1. The number of fused-ring (bicyclic) bond motifs is 1. The number of halogens is 2. The predicted molar refractivity (Wildman–Crippen MR) is 112 cm³/mol. The van der Waals surface area contributed by atoms with Gasteiger partial charge >= 0.3 is 5.97 Å². The molecule has 1 N–H and O–H groups in total. The molecule has 0 spiro atoms. The SMILES string of the molecule is Cc1ccccc1COC1=C(C(=O)O)SC(n2cnc3cc(Cl)c(Cl)cc32)C1. The Morgan fingerprint density at radius 3 is 2.82 bits per heavy atom. The largest absolute Gasteiger partial charge is 0.492 e. The van der Waals surface area contributed by atoms with Gasteiger partial charge in [0.15, 0.2) is 0 Å². The van der Waals surface area contributed by atoms with E-state index in [-0.39, 0.29) is 10.3 Å². The molecule has 28 heavy (non-hydrogen) atoms. The average molecular weight is 435 g/mol. The van der Waals surface area contributed by atoms with E-state index in [0.717, 1.165) is 16.6 Å². The Morgan fingerprint density at radius 2 is 2.07 bits per heavy atom. The molecule has 1 aliphatic rings. The van der Waals surface area contributed by atoms with Gasteiger partial charge in [-0.3, -0.25) is 0 Å². The van der Waals surface area contributed by atoms with Crippen molar-refractivity contribution in [2.24, 2.45) is 0 Å². The second-order valence-electron chi connectivity index (χ2n) is 6.46. The summed E-state index contributed by atoms with van der Waals surface area (Å²) in [5.74, 6) is -0.509.